The first-order chi connectivity index (χ1) is 7.68. The first kappa shape index (κ1) is 12.0. The fourth-order valence-corrected chi connectivity index (χ4v) is 2.97. The summed E-state index contributed by atoms with van der Waals surface area (Å²) in [6, 6.07) is 1.58. The lowest BCUT2D eigenvalue weighted by Crippen LogP contribution is -2.30. The van der Waals surface area contributed by atoms with Crippen molar-refractivity contribution >= 4 is 33.4 Å². The summed E-state index contributed by atoms with van der Waals surface area (Å²) in [7, 11) is 0. The van der Waals surface area contributed by atoms with Gasteiger partial charge >= 0.3 is 0 Å². The molecule has 16 heavy (non-hydrogen) atoms. The molecule has 1 aromatic heterocycles. The SMILES string of the molecule is O=C(NCC1CCCC1Br)c1ccoc1Cl. The molecule has 0 aromatic carbocycles. The van der Waals surface area contributed by atoms with Crippen LogP contribution in [0.25, 0.3) is 0 Å². The van der Waals surface area contributed by atoms with Gasteiger partial charge in [-0.25, -0.2) is 0 Å². The molecule has 1 aromatic rings. The van der Waals surface area contributed by atoms with Gasteiger partial charge in [-0.05, 0) is 36.4 Å². The van der Waals surface area contributed by atoms with Crippen molar-refractivity contribution < 1.29 is 9.21 Å². The van der Waals surface area contributed by atoms with Crippen LogP contribution < -0.4 is 5.32 Å². The molecule has 0 aliphatic heterocycles. The highest BCUT2D eigenvalue weighted by Gasteiger charge is 2.25. The first-order valence-electron chi connectivity index (χ1n) is 5.33. The van der Waals surface area contributed by atoms with Crippen molar-refractivity contribution in [3.63, 3.8) is 0 Å². The molecule has 1 fully saturated rings. The number of nitrogens with one attached hydrogen (secondary N) is 1. The van der Waals surface area contributed by atoms with Crippen LogP contribution in [0.5, 0.6) is 0 Å². The van der Waals surface area contributed by atoms with Gasteiger partial charge < -0.3 is 9.73 Å². The second kappa shape index (κ2) is 5.23. The monoisotopic (exact) mass is 305 g/mol. The Morgan fingerprint density at radius 1 is 1.62 bits per heavy atom. The highest BCUT2D eigenvalue weighted by molar-refractivity contribution is 9.09. The Labute approximate surface area is 108 Å². The third kappa shape index (κ3) is 2.61. The van der Waals surface area contributed by atoms with Crippen LogP contribution >= 0.6 is 27.5 Å². The van der Waals surface area contributed by atoms with Gasteiger partial charge in [-0.2, -0.15) is 0 Å². The zero-order valence-electron chi connectivity index (χ0n) is 8.71. The minimum absolute atomic E-state index is 0.152. The van der Waals surface area contributed by atoms with Crippen molar-refractivity contribution in [3.8, 4) is 0 Å². The van der Waals surface area contributed by atoms with E-state index in [4.69, 9.17) is 16.0 Å². The quantitative estimate of drug-likeness (QED) is 0.871. The van der Waals surface area contributed by atoms with Crippen LogP contribution in [0.2, 0.25) is 5.22 Å². The topological polar surface area (TPSA) is 42.2 Å². The van der Waals surface area contributed by atoms with Crippen LogP contribution in [0.3, 0.4) is 0 Å². The van der Waals surface area contributed by atoms with E-state index in [0.717, 1.165) is 6.42 Å². The number of alkyl halides is 1. The minimum atomic E-state index is -0.162. The van der Waals surface area contributed by atoms with Crippen molar-refractivity contribution in [2.75, 3.05) is 6.54 Å². The fraction of sp³-hybridized carbons (Fsp3) is 0.545. The molecule has 88 valence electrons. The van der Waals surface area contributed by atoms with Gasteiger partial charge in [-0.1, -0.05) is 22.4 Å². The van der Waals surface area contributed by atoms with Gasteiger partial charge in [0.2, 0.25) is 5.22 Å². The van der Waals surface area contributed by atoms with Crippen molar-refractivity contribution in [1.29, 1.82) is 0 Å². The van der Waals surface area contributed by atoms with E-state index in [9.17, 15) is 4.79 Å². The summed E-state index contributed by atoms with van der Waals surface area (Å²) in [5.74, 6) is 0.361. The predicted octanol–water partition coefficient (Wildman–Crippen LogP) is 3.23. The molecular formula is C11H13BrClNO2. The largest absolute Gasteiger partial charge is 0.452 e. The van der Waals surface area contributed by atoms with Crippen LogP contribution in [-0.4, -0.2) is 17.3 Å². The summed E-state index contributed by atoms with van der Waals surface area (Å²) in [4.78, 5) is 12.2. The number of hydrogen-bond acceptors (Lipinski definition) is 2. The third-order valence-electron chi connectivity index (χ3n) is 2.95. The molecule has 2 unspecified atom stereocenters. The molecular weight excluding hydrogens is 293 g/mol. The fourth-order valence-electron chi connectivity index (χ4n) is 2.00. The van der Waals surface area contributed by atoms with E-state index in [1.807, 2.05) is 0 Å². The van der Waals surface area contributed by atoms with Gasteiger partial charge in [-0.3, -0.25) is 4.79 Å². The maximum Gasteiger partial charge on any atom is 0.256 e. The van der Waals surface area contributed by atoms with Crippen LogP contribution in [0.1, 0.15) is 29.6 Å². The summed E-state index contributed by atoms with van der Waals surface area (Å²) in [5, 5.41) is 3.04. The maximum absolute atomic E-state index is 11.7. The molecule has 1 aliphatic rings. The number of carbonyl (C=O) groups is 1. The van der Waals surface area contributed by atoms with E-state index in [1.54, 1.807) is 6.07 Å². The van der Waals surface area contributed by atoms with Gasteiger partial charge in [-0.15, -0.1) is 0 Å². The minimum Gasteiger partial charge on any atom is -0.452 e. The van der Waals surface area contributed by atoms with Gasteiger partial charge in [0, 0.05) is 11.4 Å². The molecule has 0 saturated heterocycles. The Balaban J connectivity index is 1.86. The summed E-state index contributed by atoms with van der Waals surface area (Å²) in [5.41, 5.74) is 0.408. The zero-order valence-corrected chi connectivity index (χ0v) is 11.1. The molecule has 1 saturated carbocycles. The standard InChI is InChI=1S/C11H13BrClNO2/c12-9-3-1-2-7(9)6-14-11(15)8-4-5-16-10(8)13/h4-5,7,9H,1-3,6H2,(H,14,15). The van der Waals surface area contributed by atoms with Crippen LogP contribution in [0.15, 0.2) is 16.7 Å². The average molecular weight is 307 g/mol. The summed E-state index contributed by atoms with van der Waals surface area (Å²) in [6.07, 6.45) is 4.99. The number of rotatable bonds is 3. The van der Waals surface area contributed by atoms with Crippen molar-refractivity contribution in [2.24, 2.45) is 5.92 Å². The van der Waals surface area contributed by atoms with E-state index in [-0.39, 0.29) is 11.1 Å². The molecule has 0 spiro atoms. The number of halogens is 2. The van der Waals surface area contributed by atoms with Gasteiger partial charge in [0.15, 0.2) is 0 Å². The Kier molecular flexibility index (Phi) is 3.92. The number of amides is 1. The normalized spacial score (nSPS) is 24.6. The second-order valence-corrected chi connectivity index (χ2v) is 5.54. The van der Waals surface area contributed by atoms with Gasteiger partial charge in [0.05, 0.1) is 11.8 Å². The number of hydrogen-bond donors (Lipinski definition) is 1. The van der Waals surface area contributed by atoms with Gasteiger partial charge in [0.25, 0.3) is 5.91 Å². The van der Waals surface area contributed by atoms with Crippen LogP contribution in [-0.2, 0) is 0 Å². The molecule has 2 rings (SSSR count). The van der Waals surface area contributed by atoms with E-state index in [2.05, 4.69) is 21.2 Å². The predicted molar refractivity (Wildman–Crippen MR) is 66.1 cm³/mol. The van der Waals surface area contributed by atoms with E-state index in [1.165, 1.54) is 19.1 Å². The third-order valence-corrected chi connectivity index (χ3v) is 4.45. The van der Waals surface area contributed by atoms with Crippen molar-refractivity contribution in [3.05, 3.63) is 23.1 Å². The smallest absolute Gasteiger partial charge is 0.256 e. The lowest BCUT2D eigenvalue weighted by atomic mass is 10.1. The Hall–Kier alpha value is -0.480. The number of furan rings is 1. The second-order valence-electron chi connectivity index (χ2n) is 4.02. The lowest BCUT2D eigenvalue weighted by molar-refractivity contribution is 0.0947. The van der Waals surface area contributed by atoms with Crippen molar-refractivity contribution in [1.82, 2.24) is 5.32 Å². The van der Waals surface area contributed by atoms with E-state index < -0.39 is 0 Å². The highest BCUT2D eigenvalue weighted by Crippen LogP contribution is 2.30. The first-order valence-corrected chi connectivity index (χ1v) is 6.63. The molecule has 5 heteroatoms. The van der Waals surface area contributed by atoms with Crippen LogP contribution in [0, 0.1) is 5.92 Å². The molecule has 0 bridgehead atoms. The molecule has 1 heterocycles. The molecule has 3 nitrogen and oxygen atoms in total. The van der Waals surface area contributed by atoms with Crippen LogP contribution in [0.4, 0.5) is 0 Å². The molecule has 2 atom stereocenters. The Morgan fingerprint density at radius 3 is 3.00 bits per heavy atom. The maximum atomic E-state index is 11.7. The number of carbonyl (C=O) groups excluding carboxylic acids is 1. The van der Waals surface area contributed by atoms with Crippen molar-refractivity contribution in [2.45, 2.75) is 24.1 Å². The summed E-state index contributed by atoms with van der Waals surface area (Å²) in [6.45, 7) is 0.691. The molecule has 0 radical (unpaired) electrons. The zero-order chi connectivity index (χ0) is 11.5. The van der Waals surface area contributed by atoms with Gasteiger partial charge in [0.1, 0.15) is 0 Å². The summed E-state index contributed by atoms with van der Waals surface area (Å²) >= 11 is 9.34. The Bertz CT molecular complexity index is 380. The van der Waals surface area contributed by atoms with E-state index >= 15 is 0 Å². The van der Waals surface area contributed by atoms with E-state index in [0.29, 0.717) is 22.9 Å². The average Bonchev–Trinajstić information content (AvgIpc) is 2.84. The summed E-state index contributed by atoms with van der Waals surface area (Å²) < 4.78 is 4.87. The molecule has 1 N–H and O–H groups in total. The Morgan fingerprint density at radius 2 is 2.44 bits per heavy atom. The molecule has 1 aliphatic carbocycles. The lowest BCUT2D eigenvalue weighted by Gasteiger charge is -2.14. The molecule has 1 amide bonds. The highest BCUT2D eigenvalue weighted by atomic mass is 79.9.